The number of amides is 1. The van der Waals surface area contributed by atoms with Gasteiger partial charge in [0, 0.05) is 68.2 Å². The van der Waals surface area contributed by atoms with Crippen LogP contribution in [0.1, 0.15) is 30.7 Å². The van der Waals surface area contributed by atoms with Gasteiger partial charge in [0.1, 0.15) is 0 Å². The Morgan fingerprint density at radius 2 is 1.90 bits per heavy atom. The van der Waals surface area contributed by atoms with Gasteiger partial charge in [-0.15, -0.1) is 0 Å². The van der Waals surface area contributed by atoms with Gasteiger partial charge in [0.05, 0.1) is 5.69 Å². The first kappa shape index (κ1) is 19.7. The molecule has 2 aliphatic rings. The third-order valence-corrected chi connectivity index (χ3v) is 6.29. The van der Waals surface area contributed by atoms with E-state index in [1.165, 1.54) is 6.92 Å². The number of aromatic nitrogens is 2. The molecule has 1 aromatic carbocycles. The van der Waals surface area contributed by atoms with Crippen molar-refractivity contribution in [1.29, 1.82) is 0 Å². The van der Waals surface area contributed by atoms with Gasteiger partial charge in [-0.25, -0.2) is 0 Å². The first-order chi connectivity index (χ1) is 15.1. The second-order valence-corrected chi connectivity index (χ2v) is 8.65. The Labute approximate surface area is 181 Å². The van der Waals surface area contributed by atoms with Crippen molar-refractivity contribution in [3.63, 3.8) is 0 Å². The number of carbonyl (C=O) groups is 1. The van der Waals surface area contributed by atoms with Crippen LogP contribution in [0.5, 0.6) is 0 Å². The van der Waals surface area contributed by atoms with Crippen LogP contribution in [0.4, 0.5) is 5.69 Å². The van der Waals surface area contributed by atoms with Gasteiger partial charge in [-0.05, 0) is 48.2 Å². The average Bonchev–Trinajstić information content (AvgIpc) is 2.75. The highest BCUT2D eigenvalue weighted by Gasteiger charge is 2.36. The Morgan fingerprint density at radius 3 is 2.65 bits per heavy atom. The van der Waals surface area contributed by atoms with Crippen LogP contribution in [-0.2, 0) is 17.9 Å². The van der Waals surface area contributed by atoms with E-state index in [9.17, 15) is 9.59 Å². The Balaban J connectivity index is 1.47. The zero-order valence-corrected chi connectivity index (χ0v) is 17.6. The predicted octanol–water partition coefficient (Wildman–Crippen LogP) is 3.49. The molecule has 2 atom stereocenters. The van der Waals surface area contributed by atoms with Gasteiger partial charge in [-0.3, -0.25) is 19.5 Å². The summed E-state index contributed by atoms with van der Waals surface area (Å²) in [5.74, 6) is 0.706. The first-order valence-corrected chi connectivity index (χ1v) is 10.8. The van der Waals surface area contributed by atoms with Crippen LogP contribution < -0.4 is 10.9 Å². The summed E-state index contributed by atoms with van der Waals surface area (Å²) in [5, 5.41) is 2.81. The van der Waals surface area contributed by atoms with Gasteiger partial charge < -0.3 is 9.88 Å². The summed E-state index contributed by atoms with van der Waals surface area (Å²) in [6.07, 6.45) is 2.96. The van der Waals surface area contributed by atoms with Crippen molar-refractivity contribution in [2.45, 2.75) is 32.4 Å². The molecule has 1 amide bonds. The zero-order valence-electron chi connectivity index (χ0n) is 17.6. The molecule has 1 fully saturated rings. The van der Waals surface area contributed by atoms with Gasteiger partial charge in [0.25, 0.3) is 5.56 Å². The van der Waals surface area contributed by atoms with Crippen LogP contribution in [0, 0.1) is 5.92 Å². The van der Waals surface area contributed by atoms with Crippen LogP contribution >= 0.6 is 0 Å². The molecule has 2 bridgehead atoms. The summed E-state index contributed by atoms with van der Waals surface area (Å²) in [5.41, 5.74) is 5.26. The average molecular weight is 415 g/mol. The molecule has 0 unspecified atom stereocenters. The first-order valence-electron chi connectivity index (χ1n) is 10.8. The van der Waals surface area contributed by atoms with Crippen molar-refractivity contribution in [2.24, 2.45) is 5.92 Å². The molecular weight excluding hydrogens is 388 g/mol. The molecule has 5 rings (SSSR count). The minimum absolute atomic E-state index is 0.0847. The number of piperidine rings is 1. The third-order valence-electron chi connectivity index (χ3n) is 6.29. The molecule has 0 aliphatic carbocycles. The number of benzene rings is 1. The van der Waals surface area contributed by atoms with Gasteiger partial charge in [0.15, 0.2) is 0 Å². The van der Waals surface area contributed by atoms with Crippen molar-refractivity contribution in [3.05, 3.63) is 82.5 Å². The Bertz CT molecular complexity index is 1150. The molecule has 0 saturated carbocycles. The number of anilines is 1. The maximum atomic E-state index is 12.7. The summed E-state index contributed by atoms with van der Waals surface area (Å²) in [7, 11) is 0. The van der Waals surface area contributed by atoms with Crippen LogP contribution in [0.2, 0.25) is 0 Å². The fourth-order valence-corrected chi connectivity index (χ4v) is 5.14. The molecule has 0 radical (unpaired) electrons. The number of likely N-dealkylation sites (tertiary alicyclic amines) is 1. The molecule has 0 spiro atoms. The van der Waals surface area contributed by atoms with Crippen molar-refractivity contribution in [1.82, 2.24) is 14.5 Å². The largest absolute Gasteiger partial charge is 0.326 e. The second kappa shape index (κ2) is 8.12. The molecule has 6 nitrogen and oxygen atoms in total. The van der Waals surface area contributed by atoms with Gasteiger partial charge in [0.2, 0.25) is 5.91 Å². The minimum Gasteiger partial charge on any atom is -0.326 e. The van der Waals surface area contributed by atoms with E-state index in [4.69, 9.17) is 0 Å². The zero-order chi connectivity index (χ0) is 21.4. The number of nitrogens with one attached hydrogen (secondary N) is 1. The van der Waals surface area contributed by atoms with E-state index in [0.29, 0.717) is 11.8 Å². The quantitative estimate of drug-likeness (QED) is 0.710. The molecule has 2 aromatic heterocycles. The lowest BCUT2D eigenvalue weighted by molar-refractivity contribution is -0.114. The molecule has 2 aliphatic heterocycles. The fourth-order valence-electron chi connectivity index (χ4n) is 5.14. The molecule has 1 saturated heterocycles. The van der Waals surface area contributed by atoms with Crippen molar-refractivity contribution in [3.8, 4) is 11.1 Å². The highest BCUT2D eigenvalue weighted by Crippen LogP contribution is 2.40. The summed E-state index contributed by atoms with van der Waals surface area (Å²) < 4.78 is 1.99. The lowest BCUT2D eigenvalue weighted by atomic mass is 9.80. The maximum absolute atomic E-state index is 12.7. The summed E-state index contributed by atoms with van der Waals surface area (Å²) in [6, 6.07) is 17.6. The molecule has 3 aromatic rings. The Kier molecular flexibility index (Phi) is 5.16. The normalized spacial score (nSPS) is 20.2. The SMILES string of the molecule is CC(=O)Nc1ccc(-c2ccc(=O)n3c2[C@@H]2C[C@@H](CN(Cc4ccccn4)C2)C3)cc1. The van der Waals surface area contributed by atoms with E-state index in [2.05, 4.69) is 21.3 Å². The van der Waals surface area contributed by atoms with E-state index < -0.39 is 0 Å². The summed E-state index contributed by atoms with van der Waals surface area (Å²) in [4.78, 5) is 31.0. The number of rotatable bonds is 4. The van der Waals surface area contributed by atoms with Gasteiger partial charge >= 0.3 is 0 Å². The topological polar surface area (TPSA) is 67.2 Å². The van der Waals surface area contributed by atoms with E-state index in [1.807, 2.05) is 53.2 Å². The molecule has 6 heteroatoms. The number of carbonyl (C=O) groups excluding carboxylic acids is 1. The van der Waals surface area contributed by atoms with E-state index in [0.717, 1.165) is 60.8 Å². The third kappa shape index (κ3) is 4.03. The Morgan fingerprint density at radius 1 is 1.06 bits per heavy atom. The maximum Gasteiger partial charge on any atom is 0.250 e. The fraction of sp³-hybridized carbons (Fsp3) is 0.320. The van der Waals surface area contributed by atoms with Crippen molar-refractivity contribution >= 4 is 11.6 Å². The lowest BCUT2D eigenvalue weighted by Gasteiger charge is -2.43. The van der Waals surface area contributed by atoms with E-state index >= 15 is 0 Å². The van der Waals surface area contributed by atoms with Crippen LogP contribution in [0.25, 0.3) is 11.1 Å². The Hall–Kier alpha value is -3.25. The highest BCUT2D eigenvalue weighted by molar-refractivity contribution is 5.89. The summed E-state index contributed by atoms with van der Waals surface area (Å²) in [6.45, 7) is 5.03. The molecule has 31 heavy (non-hydrogen) atoms. The smallest absolute Gasteiger partial charge is 0.250 e. The number of hydrogen-bond acceptors (Lipinski definition) is 4. The predicted molar refractivity (Wildman–Crippen MR) is 121 cm³/mol. The number of fused-ring (bicyclic) bond motifs is 4. The molecule has 158 valence electrons. The van der Waals surface area contributed by atoms with Crippen LogP contribution in [0.3, 0.4) is 0 Å². The van der Waals surface area contributed by atoms with E-state index in [1.54, 1.807) is 6.07 Å². The molecule has 1 N–H and O–H groups in total. The molecule has 4 heterocycles. The number of pyridine rings is 2. The second-order valence-electron chi connectivity index (χ2n) is 8.65. The van der Waals surface area contributed by atoms with Crippen LogP contribution in [0.15, 0.2) is 65.6 Å². The van der Waals surface area contributed by atoms with Crippen molar-refractivity contribution in [2.75, 3.05) is 18.4 Å². The lowest BCUT2D eigenvalue weighted by Crippen LogP contribution is -2.47. The minimum atomic E-state index is -0.0855. The van der Waals surface area contributed by atoms with E-state index in [-0.39, 0.29) is 11.5 Å². The highest BCUT2D eigenvalue weighted by atomic mass is 16.1. The van der Waals surface area contributed by atoms with Gasteiger partial charge in [-0.2, -0.15) is 0 Å². The number of nitrogens with zero attached hydrogens (tertiary/aromatic N) is 3. The monoisotopic (exact) mass is 414 g/mol. The standard InChI is InChI=1S/C25H26N4O2/c1-17(30)27-21-7-5-19(6-8-21)23-9-10-24(31)29-14-18-12-20(25(23)29)15-28(13-18)16-22-4-2-3-11-26-22/h2-11,18,20H,12-16H2,1H3,(H,27,30)/t18-,20+/m0/s1. The molecular formula is C25H26N4O2. The summed E-state index contributed by atoms with van der Waals surface area (Å²) >= 11 is 0. The van der Waals surface area contributed by atoms with Crippen LogP contribution in [-0.4, -0.2) is 33.4 Å². The van der Waals surface area contributed by atoms with Crippen molar-refractivity contribution < 1.29 is 4.79 Å². The van der Waals surface area contributed by atoms with Gasteiger partial charge in [-0.1, -0.05) is 18.2 Å². The number of hydrogen-bond donors (Lipinski definition) is 1.